The number of rotatable bonds is 3. The average molecular weight is 224 g/mol. The molecule has 0 aromatic heterocycles. The number of hydrogen-bond donors (Lipinski definition) is 1. The molecule has 1 fully saturated rings. The fourth-order valence-corrected chi connectivity index (χ4v) is 1.94. The number of morpholine rings is 1. The Hall–Kier alpha value is -0.970. The number of nitrogens with zero attached hydrogens (tertiary/aromatic N) is 1. The minimum atomic E-state index is -0.193. The number of halogens is 1. The van der Waals surface area contributed by atoms with Gasteiger partial charge in [-0.3, -0.25) is 4.90 Å². The highest BCUT2D eigenvalue weighted by Gasteiger charge is 2.21. The Morgan fingerprint density at radius 3 is 2.81 bits per heavy atom. The summed E-state index contributed by atoms with van der Waals surface area (Å²) in [5, 5.41) is 0. The SMILES string of the molecule is NCC1COCCN1Cc1ccc(F)cc1. The van der Waals surface area contributed by atoms with Gasteiger partial charge in [0.05, 0.1) is 13.2 Å². The molecular weight excluding hydrogens is 207 g/mol. The number of nitrogens with two attached hydrogens (primary N) is 1. The minimum Gasteiger partial charge on any atom is -0.378 e. The molecule has 16 heavy (non-hydrogen) atoms. The first-order valence-corrected chi connectivity index (χ1v) is 5.56. The number of hydrogen-bond acceptors (Lipinski definition) is 3. The van der Waals surface area contributed by atoms with Crippen molar-refractivity contribution < 1.29 is 9.13 Å². The number of ether oxygens (including phenoxy) is 1. The fraction of sp³-hybridized carbons (Fsp3) is 0.500. The second-order valence-corrected chi connectivity index (χ2v) is 4.06. The van der Waals surface area contributed by atoms with Gasteiger partial charge in [0, 0.05) is 25.7 Å². The van der Waals surface area contributed by atoms with Gasteiger partial charge < -0.3 is 10.5 Å². The normalized spacial score (nSPS) is 22.2. The third-order valence-electron chi connectivity index (χ3n) is 2.92. The first-order chi connectivity index (χ1) is 7.79. The van der Waals surface area contributed by atoms with Crippen LogP contribution in [-0.4, -0.2) is 37.2 Å². The Morgan fingerprint density at radius 1 is 1.38 bits per heavy atom. The van der Waals surface area contributed by atoms with Crippen LogP contribution in [0.25, 0.3) is 0 Å². The molecule has 0 spiro atoms. The zero-order valence-corrected chi connectivity index (χ0v) is 9.23. The van der Waals surface area contributed by atoms with E-state index in [9.17, 15) is 4.39 Å². The Bertz CT molecular complexity index is 328. The van der Waals surface area contributed by atoms with Gasteiger partial charge in [0.1, 0.15) is 5.82 Å². The van der Waals surface area contributed by atoms with E-state index in [1.54, 1.807) is 0 Å². The molecule has 1 saturated heterocycles. The van der Waals surface area contributed by atoms with E-state index in [4.69, 9.17) is 10.5 Å². The summed E-state index contributed by atoms with van der Waals surface area (Å²) in [5.41, 5.74) is 6.80. The quantitative estimate of drug-likeness (QED) is 0.832. The van der Waals surface area contributed by atoms with Crippen molar-refractivity contribution in [1.82, 2.24) is 4.90 Å². The van der Waals surface area contributed by atoms with Crippen molar-refractivity contribution in [3.05, 3.63) is 35.6 Å². The summed E-state index contributed by atoms with van der Waals surface area (Å²) in [7, 11) is 0. The maximum absolute atomic E-state index is 12.8. The molecule has 4 heteroatoms. The zero-order chi connectivity index (χ0) is 11.4. The van der Waals surface area contributed by atoms with Crippen LogP contribution in [0.2, 0.25) is 0 Å². The van der Waals surface area contributed by atoms with Crippen molar-refractivity contribution in [2.45, 2.75) is 12.6 Å². The third-order valence-corrected chi connectivity index (χ3v) is 2.92. The van der Waals surface area contributed by atoms with E-state index in [1.165, 1.54) is 12.1 Å². The molecule has 0 bridgehead atoms. The van der Waals surface area contributed by atoms with Crippen LogP contribution in [0.3, 0.4) is 0 Å². The second kappa shape index (κ2) is 5.39. The van der Waals surface area contributed by atoms with E-state index in [0.717, 1.165) is 25.3 Å². The molecule has 3 nitrogen and oxygen atoms in total. The smallest absolute Gasteiger partial charge is 0.123 e. The molecule has 1 heterocycles. The summed E-state index contributed by atoms with van der Waals surface area (Å²) in [6.07, 6.45) is 0. The monoisotopic (exact) mass is 224 g/mol. The van der Waals surface area contributed by atoms with Crippen LogP contribution in [0, 0.1) is 5.82 Å². The Kier molecular flexibility index (Phi) is 3.88. The topological polar surface area (TPSA) is 38.5 Å². The van der Waals surface area contributed by atoms with Crippen LogP contribution >= 0.6 is 0 Å². The molecule has 1 aromatic carbocycles. The Balaban J connectivity index is 1.99. The van der Waals surface area contributed by atoms with E-state index in [1.807, 2.05) is 12.1 Å². The van der Waals surface area contributed by atoms with Crippen LogP contribution in [-0.2, 0) is 11.3 Å². The molecule has 0 radical (unpaired) electrons. The van der Waals surface area contributed by atoms with Crippen molar-refractivity contribution in [3.63, 3.8) is 0 Å². The first-order valence-electron chi connectivity index (χ1n) is 5.56. The predicted octanol–water partition coefficient (Wildman–Crippen LogP) is 0.985. The second-order valence-electron chi connectivity index (χ2n) is 4.06. The van der Waals surface area contributed by atoms with Gasteiger partial charge in [-0.25, -0.2) is 4.39 Å². The predicted molar refractivity (Wildman–Crippen MR) is 60.5 cm³/mol. The standard InChI is InChI=1S/C12H17FN2O/c13-11-3-1-10(2-4-11)8-15-5-6-16-9-12(15)7-14/h1-4,12H,5-9,14H2. The van der Waals surface area contributed by atoms with Gasteiger partial charge in [0.25, 0.3) is 0 Å². The largest absolute Gasteiger partial charge is 0.378 e. The van der Waals surface area contributed by atoms with Gasteiger partial charge in [-0.15, -0.1) is 0 Å². The maximum atomic E-state index is 12.8. The Morgan fingerprint density at radius 2 is 2.12 bits per heavy atom. The molecule has 0 aliphatic carbocycles. The third kappa shape index (κ3) is 2.78. The molecule has 1 aliphatic heterocycles. The van der Waals surface area contributed by atoms with E-state index in [2.05, 4.69) is 4.90 Å². The molecule has 88 valence electrons. The molecule has 1 aliphatic rings. The van der Waals surface area contributed by atoms with Crippen LogP contribution in [0.15, 0.2) is 24.3 Å². The lowest BCUT2D eigenvalue weighted by Crippen LogP contribution is -2.48. The summed E-state index contributed by atoms with van der Waals surface area (Å²) in [5.74, 6) is -0.193. The molecule has 2 rings (SSSR count). The van der Waals surface area contributed by atoms with Gasteiger partial charge in [0.2, 0.25) is 0 Å². The summed E-state index contributed by atoms with van der Waals surface area (Å²) < 4.78 is 18.1. The molecule has 1 unspecified atom stereocenters. The fourth-order valence-electron chi connectivity index (χ4n) is 1.94. The van der Waals surface area contributed by atoms with Crippen molar-refractivity contribution in [3.8, 4) is 0 Å². The highest BCUT2D eigenvalue weighted by atomic mass is 19.1. The lowest BCUT2D eigenvalue weighted by atomic mass is 10.1. The first kappa shape index (κ1) is 11.5. The van der Waals surface area contributed by atoms with E-state index in [-0.39, 0.29) is 11.9 Å². The minimum absolute atomic E-state index is 0.193. The molecule has 2 N–H and O–H groups in total. The molecule has 1 atom stereocenters. The number of benzene rings is 1. The highest BCUT2D eigenvalue weighted by Crippen LogP contribution is 2.12. The van der Waals surface area contributed by atoms with Crippen molar-refractivity contribution in [2.24, 2.45) is 5.73 Å². The van der Waals surface area contributed by atoms with Crippen LogP contribution in [0.5, 0.6) is 0 Å². The van der Waals surface area contributed by atoms with Gasteiger partial charge in [-0.2, -0.15) is 0 Å². The van der Waals surface area contributed by atoms with E-state index >= 15 is 0 Å². The van der Waals surface area contributed by atoms with Gasteiger partial charge in [0.15, 0.2) is 0 Å². The van der Waals surface area contributed by atoms with E-state index in [0.29, 0.717) is 13.2 Å². The maximum Gasteiger partial charge on any atom is 0.123 e. The lowest BCUT2D eigenvalue weighted by molar-refractivity contribution is -0.00793. The summed E-state index contributed by atoms with van der Waals surface area (Å²) in [6, 6.07) is 6.90. The van der Waals surface area contributed by atoms with Crippen LogP contribution in [0.4, 0.5) is 4.39 Å². The highest BCUT2D eigenvalue weighted by molar-refractivity contribution is 5.16. The van der Waals surface area contributed by atoms with Gasteiger partial charge in [-0.1, -0.05) is 12.1 Å². The lowest BCUT2D eigenvalue weighted by Gasteiger charge is -2.34. The summed E-state index contributed by atoms with van der Waals surface area (Å²) in [4.78, 5) is 2.29. The Labute approximate surface area is 95.0 Å². The summed E-state index contributed by atoms with van der Waals surface area (Å²) >= 11 is 0. The van der Waals surface area contributed by atoms with Crippen LogP contribution < -0.4 is 5.73 Å². The average Bonchev–Trinajstić information content (AvgIpc) is 2.33. The van der Waals surface area contributed by atoms with Crippen LogP contribution in [0.1, 0.15) is 5.56 Å². The zero-order valence-electron chi connectivity index (χ0n) is 9.23. The molecule has 0 saturated carbocycles. The van der Waals surface area contributed by atoms with Crippen molar-refractivity contribution in [2.75, 3.05) is 26.3 Å². The molecule has 0 amide bonds. The van der Waals surface area contributed by atoms with Crippen molar-refractivity contribution >= 4 is 0 Å². The van der Waals surface area contributed by atoms with Gasteiger partial charge in [-0.05, 0) is 17.7 Å². The van der Waals surface area contributed by atoms with E-state index < -0.39 is 0 Å². The van der Waals surface area contributed by atoms with Gasteiger partial charge >= 0.3 is 0 Å². The summed E-state index contributed by atoms with van der Waals surface area (Å²) in [6.45, 7) is 3.74. The molecular formula is C12H17FN2O. The molecule has 1 aromatic rings. The van der Waals surface area contributed by atoms with Crippen molar-refractivity contribution in [1.29, 1.82) is 0 Å².